The zero-order chi connectivity index (χ0) is 23.6. The molecule has 0 amide bonds. The Morgan fingerprint density at radius 3 is 1.94 bits per heavy atom. The van der Waals surface area contributed by atoms with Crippen molar-refractivity contribution in [3.8, 4) is 5.75 Å². The molecular formula is C26H44N4O. The van der Waals surface area contributed by atoms with Crippen molar-refractivity contribution in [2.24, 2.45) is 10.8 Å². The van der Waals surface area contributed by atoms with E-state index in [1.165, 1.54) is 0 Å². The minimum Gasteiger partial charge on any atom is -0.483 e. The summed E-state index contributed by atoms with van der Waals surface area (Å²) in [5, 5.41) is 4.61. The quantitative estimate of drug-likeness (QED) is 0.538. The first-order chi connectivity index (χ1) is 13.9. The van der Waals surface area contributed by atoms with Crippen molar-refractivity contribution in [3.63, 3.8) is 0 Å². The number of anilines is 1. The van der Waals surface area contributed by atoms with Gasteiger partial charge in [0.05, 0.1) is 18.4 Å². The normalized spacial score (nSPS) is 20.7. The molecule has 1 aliphatic rings. The van der Waals surface area contributed by atoms with Crippen molar-refractivity contribution in [1.29, 1.82) is 0 Å². The summed E-state index contributed by atoms with van der Waals surface area (Å²) in [5.74, 6) is 1.79. The van der Waals surface area contributed by atoms with E-state index in [0.717, 1.165) is 35.6 Å². The molecule has 0 bridgehead atoms. The second kappa shape index (κ2) is 7.38. The van der Waals surface area contributed by atoms with Crippen LogP contribution in [-0.4, -0.2) is 32.3 Å². The fraction of sp³-hybridized carbons (Fsp3) is 0.769. The van der Waals surface area contributed by atoms with E-state index < -0.39 is 0 Å². The van der Waals surface area contributed by atoms with Gasteiger partial charge in [-0.25, -0.2) is 9.50 Å². The minimum atomic E-state index is -0.0855. The molecule has 2 aromatic heterocycles. The van der Waals surface area contributed by atoms with Crippen molar-refractivity contribution in [2.45, 2.75) is 119 Å². The molecule has 0 aromatic carbocycles. The van der Waals surface area contributed by atoms with Gasteiger partial charge in [0.15, 0.2) is 17.2 Å². The van der Waals surface area contributed by atoms with Crippen LogP contribution in [0.15, 0.2) is 12.4 Å². The van der Waals surface area contributed by atoms with Gasteiger partial charge in [-0.3, -0.25) is 0 Å². The molecule has 5 nitrogen and oxygen atoms in total. The van der Waals surface area contributed by atoms with Crippen molar-refractivity contribution in [1.82, 2.24) is 14.6 Å². The molecule has 0 radical (unpaired) electrons. The zero-order valence-electron chi connectivity index (χ0n) is 21.9. The molecule has 3 rings (SSSR count). The lowest BCUT2D eigenvalue weighted by molar-refractivity contribution is 0.0761. The van der Waals surface area contributed by atoms with Crippen LogP contribution in [0.1, 0.15) is 101 Å². The van der Waals surface area contributed by atoms with Gasteiger partial charge in [0.2, 0.25) is 0 Å². The van der Waals surface area contributed by atoms with Crippen molar-refractivity contribution in [3.05, 3.63) is 18.0 Å². The first kappa shape index (κ1) is 23.9. The Hall–Kier alpha value is -1.78. The highest BCUT2D eigenvalue weighted by Gasteiger charge is 2.45. The van der Waals surface area contributed by atoms with Gasteiger partial charge in [-0.15, -0.1) is 0 Å². The maximum Gasteiger partial charge on any atom is 0.180 e. The second-order valence-electron chi connectivity index (χ2n) is 13.8. The monoisotopic (exact) mass is 428 g/mol. The predicted octanol–water partition coefficient (Wildman–Crippen LogP) is 6.63. The molecule has 0 saturated carbocycles. The average Bonchev–Trinajstić information content (AvgIpc) is 2.92. The second-order valence-corrected chi connectivity index (χ2v) is 13.8. The SMILES string of the molecule is CC(C)(C)C[C@H]1Oc2cn3ncc(C(C)(C)C)c3nc2N(C(C)(C)C)[C@H]1CC(C)(C)C. The topological polar surface area (TPSA) is 42.7 Å². The van der Waals surface area contributed by atoms with Crippen LogP contribution in [0.4, 0.5) is 5.82 Å². The predicted molar refractivity (Wildman–Crippen MR) is 130 cm³/mol. The van der Waals surface area contributed by atoms with Crippen molar-refractivity contribution < 1.29 is 4.74 Å². The van der Waals surface area contributed by atoms with E-state index in [4.69, 9.17) is 9.72 Å². The Bertz CT molecular complexity index is 932. The largest absolute Gasteiger partial charge is 0.483 e. The van der Waals surface area contributed by atoms with Crippen LogP contribution in [0, 0.1) is 10.8 Å². The standard InChI is InChI=1S/C26H44N4O/c1-23(2,3)13-18-19(14-24(4,5)6)31-20-16-29-21(17(15-27-29)25(7,8)9)28-22(20)30(18)26(10,11)12/h15-16,18-19H,13-14H2,1-12H3/t18-,19+/m0/s1. The van der Waals surface area contributed by atoms with Gasteiger partial charge in [-0.2, -0.15) is 5.10 Å². The van der Waals surface area contributed by atoms with Gasteiger partial charge in [0, 0.05) is 11.1 Å². The Morgan fingerprint density at radius 2 is 1.45 bits per heavy atom. The number of ether oxygens (including phenoxy) is 1. The lowest BCUT2D eigenvalue weighted by atomic mass is 9.78. The van der Waals surface area contributed by atoms with Crippen LogP contribution >= 0.6 is 0 Å². The summed E-state index contributed by atoms with van der Waals surface area (Å²) in [5.41, 5.74) is 2.33. The number of nitrogens with zero attached hydrogens (tertiary/aromatic N) is 4. The smallest absolute Gasteiger partial charge is 0.180 e. The third kappa shape index (κ3) is 5.18. The van der Waals surface area contributed by atoms with Gasteiger partial charge in [0.25, 0.3) is 0 Å². The van der Waals surface area contributed by atoms with Crippen LogP contribution in [0.5, 0.6) is 5.75 Å². The van der Waals surface area contributed by atoms with Gasteiger partial charge in [-0.1, -0.05) is 62.3 Å². The molecule has 0 saturated heterocycles. The molecule has 0 unspecified atom stereocenters. The molecule has 2 aromatic rings. The summed E-state index contributed by atoms with van der Waals surface area (Å²) in [6, 6.07) is 0.252. The van der Waals surface area contributed by atoms with Crippen molar-refractivity contribution in [2.75, 3.05) is 4.90 Å². The fourth-order valence-corrected chi connectivity index (χ4v) is 4.68. The lowest BCUT2D eigenvalue weighted by Gasteiger charge is -2.51. The maximum absolute atomic E-state index is 6.73. The molecule has 174 valence electrons. The Balaban J connectivity index is 2.23. The van der Waals surface area contributed by atoms with Gasteiger partial charge >= 0.3 is 0 Å². The Kier molecular flexibility index (Phi) is 5.69. The van der Waals surface area contributed by atoms with E-state index in [9.17, 15) is 0 Å². The van der Waals surface area contributed by atoms with Crippen LogP contribution in [-0.2, 0) is 5.41 Å². The van der Waals surface area contributed by atoms with E-state index >= 15 is 0 Å². The molecule has 2 atom stereocenters. The van der Waals surface area contributed by atoms with Crippen LogP contribution < -0.4 is 9.64 Å². The molecule has 0 aliphatic carbocycles. The molecule has 31 heavy (non-hydrogen) atoms. The van der Waals surface area contributed by atoms with Crippen LogP contribution in [0.25, 0.3) is 5.65 Å². The number of fused-ring (bicyclic) bond motifs is 2. The molecule has 0 fully saturated rings. The molecule has 0 spiro atoms. The summed E-state index contributed by atoms with van der Waals surface area (Å²) in [6.45, 7) is 27.4. The lowest BCUT2D eigenvalue weighted by Crippen LogP contribution is -2.59. The van der Waals surface area contributed by atoms with E-state index in [1.807, 2.05) is 16.9 Å². The summed E-state index contributed by atoms with van der Waals surface area (Å²) < 4.78 is 8.62. The summed E-state index contributed by atoms with van der Waals surface area (Å²) >= 11 is 0. The van der Waals surface area contributed by atoms with Gasteiger partial charge in [0.1, 0.15) is 6.10 Å². The molecular weight excluding hydrogens is 384 g/mol. The maximum atomic E-state index is 6.73. The highest BCUT2D eigenvalue weighted by Crippen LogP contribution is 2.45. The molecule has 5 heteroatoms. The average molecular weight is 429 g/mol. The Labute approximate surface area is 189 Å². The third-order valence-electron chi connectivity index (χ3n) is 5.87. The molecule has 0 N–H and O–H groups in total. The Morgan fingerprint density at radius 1 is 0.871 bits per heavy atom. The highest BCUT2D eigenvalue weighted by molar-refractivity contribution is 5.63. The summed E-state index contributed by atoms with van der Waals surface area (Å²) in [4.78, 5) is 7.74. The highest BCUT2D eigenvalue weighted by atomic mass is 16.5. The van der Waals surface area contributed by atoms with Gasteiger partial charge < -0.3 is 9.64 Å². The first-order valence-electron chi connectivity index (χ1n) is 11.7. The van der Waals surface area contributed by atoms with Crippen molar-refractivity contribution >= 4 is 11.5 Å². The number of hydrogen-bond donors (Lipinski definition) is 0. The number of aromatic nitrogens is 3. The summed E-state index contributed by atoms with van der Waals surface area (Å²) in [6.07, 6.45) is 6.12. The first-order valence-corrected chi connectivity index (χ1v) is 11.7. The zero-order valence-corrected chi connectivity index (χ0v) is 21.9. The fourth-order valence-electron chi connectivity index (χ4n) is 4.68. The number of hydrogen-bond acceptors (Lipinski definition) is 4. The van der Waals surface area contributed by atoms with Gasteiger partial charge in [-0.05, 0) is 49.9 Å². The number of rotatable bonds is 2. The third-order valence-corrected chi connectivity index (χ3v) is 5.87. The van der Waals surface area contributed by atoms with E-state index in [0.29, 0.717) is 0 Å². The van der Waals surface area contributed by atoms with Crippen LogP contribution in [0.3, 0.4) is 0 Å². The molecule has 1 aliphatic heterocycles. The summed E-state index contributed by atoms with van der Waals surface area (Å²) in [7, 11) is 0. The molecule has 3 heterocycles. The van der Waals surface area contributed by atoms with E-state index in [-0.39, 0.29) is 33.9 Å². The minimum absolute atomic E-state index is 0.0232. The van der Waals surface area contributed by atoms with E-state index in [2.05, 4.69) is 93.1 Å². The van der Waals surface area contributed by atoms with E-state index in [1.54, 1.807) is 0 Å². The van der Waals surface area contributed by atoms with Crippen LogP contribution in [0.2, 0.25) is 0 Å².